The van der Waals surface area contributed by atoms with Crippen LogP contribution in [0.25, 0.3) is 0 Å². The summed E-state index contributed by atoms with van der Waals surface area (Å²) in [6.45, 7) is 7.47. The maximum Gasteiger partial charge on any atom is 0.408 e. The Labute approximate surface area is 155 Å². The number of rotatable bonds is 3. The molecule has 1 aliphatic rings. The summed E-state index contributed by atoms with van der Waals surface area (Å²) >= 11 is 0. The molecule has 9 heteroatoms. The zero-order valence-electron chi connectivity index (χ0n) is 15.7. The summed E-state index contributed by atoms with van der Waals surface area (Å²) in [6.07, 6.45) is -0.674. The number of alkyl carbamates (subject to hydrolysis) is 1. The van der Waals surface area contributed by atoms with E-state index >= 15 is 0 Å². The van der Waals surface area contributed by atoms with Crippen molar-refractivity contribution in [2.24, 2.45) is 0 Å². The van der Waals surface area contributed by atoms with Gasteiger partial charge in [0.25, 0.3) is 0 Å². The minimum atomic E-state index is -0.975. The van der Waals surface area contributed by atoms with Crippen LogP contribution in [-0.4, -0.2) is 35.6 Å². The summed E-state index contributed by atoms with van der Waals surface area (Å²) in [5, 5.41) is 2.44. The van der Waals surface area contributed by atoms with Gasteiger partial charge in [0.05, 0.1) is 0 Å². The number of esters is 3. The molecule has 27 heavy (non-hydrogen) atoms. The molecule has 0 aromatic heterocycles. The Morgan fingerprint density at radius 2 is 1.63 bits per heavy atom. The molecule has 1 heterocycles. The predicted octanol–water partition coefficient (Wildman–Crippen LogP) is 1.89. The van der Waals surface area contributed by atoms with E-state index in [2.05, 4.69) is 5.32 Å². The van der Waals surface area contributed by atoms with Crippen molar-refractivity contribution in [1.82, 2.24) is 5.32 Å². The van der Waals surface area contributed by atoms with Gasteiger partial charge in [0.1, 0.15) is 17.4 Å². The number of ether oxygens (including phenoxy) is 4. The van der Waals surface area contributed by atoms with E-state index in [1.54, 1.807) is 20.8 Å². The highest BCUT2D eigenvalue weighted by atomic mass is 16.6. The van der Waals surface area contributed by atoms with Gasteiger partial charge in [-0.25, -0.2) is 9.59 Å². The number of hydrogen-bond donors (Lipinski definition) is 1. The minimum Gasteiger partial charge on any atom is -0.444 e. The SMILES string of the molecule is CC(=O)Oc1cc2c(cc1OC(C)=O)OC(=O)C(NC(=O)OC(C)(C)C)C2. The minimum absolute atomic E-state index is 0.00502. The monoisotopic (exact) mass is 379 g/mol. The van der Waals surface area contributed by atoms with Crippen molar-refractivity contribution in [3.8, 4) is 17.2 Å². The summed E-state index contributed by atoms with van der Waals surface area (Å²) in [4.78, 5) is 46.6. The third-order valence-corrected chi connectivity index (χ3v) is 3.24. The first-order chi connectivity index (χ1) is 12.4. The van der Waals surface area contributed by atoms with E-state index in [9.17, 15) is 19.2 Å². The number of carbonyl (C=O) groups is 4. The fourth-order valence-electron chi connectivity index (χ4n) is 2.35. The molecule has 0 bridgehead atoms. The maximum absolute atomic E-state index is 12.2. The Balaban J connectivity index is 2.26. The van der Waals surface area contributed by atoms with Gasteiger partial charge >= 0.3 is 24.0 Å². The smallest absolute Gasteiger partial charge is 0.408 e. The van der Waals surface area contributed by atoms with E-state index in [1.807, 2.05) is 0 Å². The molecule has 9 nitrogen and oxygen atoms in total. The van der Waals surface area contributed by atoms with Crippen molar-refractivity contribution in [2.45, 2.75) is 52.7 Å². The summed E-state index contributed by atoms with van der Waals surface area (Å²) in [7, 11) is 0. The van der Waals surface area contributed by atoms with Crippen LogP contribution in [0.3, 0.4) is 0 Å². The van der Waals surface area contributed by atoms with Crippen LogP contribution in [-0.2, 0) is 25.5 Å². The lowest BCUT2D eigenvalue weighted by atomic mass is 10.0. The van der Waals surface area contributed by atoms with Crippen LogP contribution in [0.2, 0.25) is 0 Å². The van der Waals surface area contributed by atoms with Crippen molar-refractivity contribution in [3.63, 3.8) is 0 Å². The van der Waals surface area contributed by atoms with Gasteiger partial charge in [-0.3, -0.25) is 9.59 Å². The van der Waals surface area contributed by atoms with Gasteiger partial charge in [0.2, 0.25) is 0 Å². The van der Waals surface area contributed by atoms with Crippen LogP contribution in [0, 0.1) is 0 Å². The first-order valence-electron chi connectivity index (χ1n) is 8.19. The fourth-order valence-corrected chi connectivity index (χ4v) is 2.35. The molecule has 0 radical (unpaired) electrons. The Bertz CT molecular complexity index is 793. The lowest BCUT2D eigenvalue weighted by molar-refractivity contribution is -0.138. The highest BCUT2D eigenvalue weighted by molar-refractivity contribution is 5.86. The number of hydrogen-bond acceptors (Lipinski definition) is 8. The van der Waals surface area contributed by atoms with E-state index < -0.39 is 35.6 Å². The zero-order chi connectivity index (χ0) is 20.4. The van der Waals surface area contributed by atoms with Gasteiger partial charge in [-0.1, -0.05) is 0 Å². The number of benzene rings is 1. The molecule has 1 N–H and O–H groups in total. The molecule has 1 amide bonds. The lowest BCUT2D eigenvalue weighted by Gasteiger charge is -2.26. The predicted molar refractivity (Wildman–Crippen MR) is 91.6 cm³/mol. The van der Waals surface area contributed by atoms with Gasteiger partial charge in [0, 0.05) is 31.9 Å². The Hall–Kier alpha value is -3.10. The zero-order valence-corrected chi connectivity index (χ0v) is 15.7. The topological polar surface area (TPSA) is 117 Å². The first kappa shape index (κ1) is 20.2. The summed E-state index contributed by atoms with van der Waals surface area (Å²) in [5.41, 5.74) is -0.232. The van der Waals surface area contributed by atoms with Gasteiger partial charge in [0.15, 0.2) is 11.5 Å². The highest BCUT2D eigenvalue weighted by Crippen LogP contribution is 2.38. The largest absolute Gasteiger partial charge is 0.444 e. The van der Waals surface area contributed by atoms with E-state index in [4.69, 9.17) is 18.9 Å². The Morgan fingerprint density at radius 1 is 1.07 bits per heavy atom. The average molecular weight is 379 g/mol. The maximum atomic E-state index is 12.2. The summed E-state index contributed by atoms with van der Waals surface area (Å²) in [5.74, 6) is -1.83. The molecule has 146 valence electrons. The molecule has 1 aromatic carbocycles. The summed E-state index contributed by atoms with van der Waals surface area (Å²) in [6, 6.07) is 1.74. The summed E-state index contributed by atoms with van der Waals surface area (Å²) < 4.78 is 20.4. The van der Waals surface area contributed by atoms with Crippen molar-refractivity contribution < 1.29 is 38.1 Å². The van der Waals surface area contributed by atoms with E-state index in [-0.39, 0.29) is 23.7 Å². The van der Waals surface area contributed by atoms with E-state index in [0.717, 1.165) is 0 Å². The Morgan fingerprint density at radius 3 is 2.15 bits per heavy atom. The second-order valence-corrected chi connectivity index (χ2v) is 6.92. The van der Waals surface area contributed by atoms with E-state index in [0.29, 0.717) is 5.56 Å². The molecular weight excluding hydrogens is 358 g/mol. The molecule has 1 aromatic rings. The lowest BCUT2D eigenvalue weighted by Crippen LogP contribution is -2.48. The molecule has 1 unspecified atom stereocenters. The van der Waals surface area contributed by atoms with Gasteiger partial charge in [-0.15, -0.1) is 0 Å². The quantitative estimate of drug-likeness (QED) is 0.625. The van der Waals surface area contributed by atoms with Crippen LogP contribution in [0.15, 0.2) is 12.1 Å². The first-order valence-corrected chi connectivity index (χ1v) is 8.19. The standard InChI is InChI=1S/C18H21NO8/c1-9(20)24-14-7-11-6-12(19-17(23)27-18(3,4)5)16(22)26-13(11)8-15(14)25-10(2)21/h7-8,12H,6H2,1-5H3,(H,19,23). The third-order valence-electron chi connectivity index (χ3n) is 3.24. The third kappa shape index (κ3) is 5.70. The van der Waals surface area contributed by atoms with Crippen molar-refractivity contribution in [3.05, 3.63) is 17.7 Å². The van der Waals surface area contributed by atoms with Gasteiger partial charge in [-0.05, 0) is 26.8 Å². The van der Waals surface area contributed by atoms with Gasteiger partial charge in [-0.2, -0.15) is 0 Å². The molecule has 1 atom stereocenters. The number of fused-ring (bicyclic) bond motifs is 1. The molecule has 0 saturated carbocycles. The molecule has 0 spiro atoms. The van der Waals surface area contributed by atoms with Crippen LogP contribution >= 0.6 is 0 Å². The van der Waals surface area contributed by atoms with Crippen molar-refractivity contribution >= 4 is 24.0 Å². The van der Waals surface area contributed by atoms with Crippen LogP contribution in [0.4, 0.5) is 4.79 Å². The molecular formula is C18H21NO8. The van der Waals surface area contributed by atoms with Crippen LogP contribution in [0.5, 0.6) is 17.2 Å². The Kier molecular flexibility index (Phi) is 5.72. The van der Waals surface area contributed by atoms with Crippen LogP contribution < -0.4 is 19.5 Å². The molecule has 1 aliphatic heterocycles. The van der Waals surface area contributed by atoms with Gasteiger partial charge < -0.3 is 24.3 Å². The van der Waals surface area contributed by atoms with E-state index in [1.165, 1.54) is 26.0 Å². The number of nitrogens with one attached hydrogen (secondary N) is 1. The number of amides is 1. The van der Waals surface area contributed by atoms with Crippen molar-refractivity contribution in [1.29, 1.82) is 0 Å². The average Bonchev–Trinajstić information content (AvgIpc) is 2.46. The molecule has 2 rings (SSSR count). The number of carbonyl (C=O) groups excluding carboxylic acids is 4. The van der Waals surface area contributed by atoms with Crippen molar-refractivity contribution in [2.75, 3.05) is 0 Å². The molecule has 0 saturated heterocycles. The molecule has 0 aliphatic carbocycles. The second kappa shape index (κ2) is 7.65. The second-order valence-electron chi connectivity index (χ2n) is 6.92. The fraction of sp³-hybridized carbons (Fsp3) is 0.444. The highest BCUT2D eigenvalue weighted by Gasteiger charge is 2.33. The normalized spacial score (nSPS) is 15.9. The van der Waals surface area contributed by atoms with Crippen LogP contribution in [0.1, 0.15) is 40.2 Å². The molecule has 0 fully saturated rings.